The summed E-state index contributed by atoms with van der Waals surface area (Å²) in [6, 6.07) is 1.89. The molecule has 0 saturated heterocycles. The lowest BCUT2D eigenvalue weighted by molar-refractivity contribution is -0.137. The van der Waals surface area contributed by atoms with Gasteiger partial charge in [-0.3, -0.25) is 4.79 Å². The number of pyridine rings is 1. The molecule has 0 aromatic carbocycles. The predicted molar refractivity (Wildman–Crippen MR) is 58.9 cm³/mol. The molecule has 0 aliphatic rings. The summed E-state index contributed by atoms with van der Waals surface area (Å²) in [5.41, 5.74) is -0.885. The quantitative estimate of drug-likeness (QED) is 0.818. The maximum Gasteiger partial charge on any atom is 0.417 e. The Morgan fingerprint density at radius 2 is 2.06 bits per heavy atom. The van der Waals surface area contributed by atoms with Gasteiger partial charge in [0.2, 0.25) is 5.91 Å². The Hall–Kier alpha value is -2.05. The van der Waals surface area contributed by atoms with E-state index in [1.807, 2.05) is 0 Å². The van der Waals surface area contributed by atoms with Crippen LogP contribution in [0.1, 0.15) is 18.4 Å². The first-order chi connectivity index (χ1) is 8.29. The fourth-order valence-corrected chi connectivity index (χ4v) is 1.10. The first-order valence-corrected chi connectivity index (χ1v) is 4.99. The van der Waals surface area contributed by atoms with E-state index in [0.29, 0.717) is 6.20 Å². The highest BCUT2D eigenvalue weighted by Crippen LogP contribution is 2.28. The average molecular weight is 260 g/mol. The Kier molecular flexibility index (Phi) is 4.30. The van der Waals surface area contributed by atoms with Gasteiger partial charge < -0.3 is 10.4 Å². The van der Waals surface area contributed by atoms with Crippen molar-refractivity contribution in [3.05, 3.63) is 36.2 Å². The number of aromatic nitrogens is 1. The molecule has 0 aliphatic heterocycles. The predicted octanol–water partition coefficient (Wildman–Crippen LogP) is 2.89. The van der Waals surface area contributed by atoms with Crippen molar-refractivity contribution in [1.82, 2.24) is 4.98 Å². The summed E-state index contributed by atoms with van der Waals surface area (Å²) in [5, 5.41) is 11.1. The standard InChI is InChI=1S/C11H11F3N2O2/c1-7(17)2-5-10(18)16-9-4-3-8(6-15-9)11(12,13)14/h3-4,6,17H,1-2,5H2,(H,15,16,18). The van der Waals surface area contributed by atoms with E-state index >= 15 is 0 Å². The number of alkyl halides is 3. The lowest BCUT2D eigenvalue weighted by atomic mass is 10.2. The molecule has 0 saturated carbocycles. The number of carbonyl (C=O) groups excluding carboxylic acids is 1. The summed E-state index contributed by atoms with van der Waals surface area (Å²) in [6.45, 7) is 3.21. The van der Waals surface area contributed by atoms with Gasteiger partial charge in [0, 0.05) is 19.0 Å². The van der Waals surface area contributed by atoms with E-state index in [9.17, 15) is 18.0 Å². The third kappa shape index (κ3) is 4.44. The molecule has 0 spiro atoms. The van der Waals surface area contributed by atoms with Crippen molar-refractivity contribution < 1.29 is 23.1 Å². The van der Waals surface area contributed by atoms with Crippen molar-refractivity contribution in [2.45, 2.75) is 19.0 Å². The molecule has 0 radical (unpaired) electrons. The molecule has 0 atom stereocenters. The first-order valence-electron chi connectivity index (χ1n) is 4.99. The molecule has 7 heteroatoms. The zero-order valence-corrected chi connectivity index (χ0v) is 9.29. The third-order valence-electron chi connectivity index (χ3n) is 2.00. The van der Waals surface area contributed by atoms with Gasteiger partial charge in [0.05, 0.1) is 11.3 Å². The van der Waals surface area contributed by atoms with Crippen LogP contribution in [0.2, 0.25) is 0 Å². The molecule has 0 aliphatic carbocycles. The van der Waals surface area contributed by atoms with E-state index in [0.717, 1.165) is 12.1 Å². The van der Waals surface area contributed by atoms with Gasteiger partial charge in [-0.1, -0.05) is 6.58 Å². The van der Waals surface area contributed by atoms with Crippen molar-refractivity contribution >= 4 is 11.7 Å². The number of aliphatic hydroxyl groups is 1. The number of nitrogens with zero attached hydrogens (tertiary/aromatic N) is 1. The lowest BCUT2D eigenvalue weighted by Crippen LogP contribution is -2.13. The van der Waals surface area contributed by atoms with Crippen LogP contribution in [0.3, 0.4) is 0 Å². The van der Waals surface area contributed by atoms with Gasteiger partial charge in [-0.2, -0.15) is 13.2 Å². The Morgan fingerprint density at radius 1 is 1.39 bits per heavy atom. The highest BCUT2D eigenvalue weighted by molar-refractivity contribution is 5.89. The van der Waals surface area contributed by atoms with Gasteiger partial charge in [0.25, 0.3) is 0 Å². The summed E-state index contributed by atoms with van der Waals surface area (Å²) >= 11 is 0. The van der Waals surface area contributed by atoms with Gasteiger partial charge in [-0.05, 0) is 12.1 Å². The van der Waals surface area contributed by atoms with Crippen LogP contribution < -0.4 is 5.32 Å². The number of anilines is 1. The lowest BCUT2D eigenvalue weighted by Gasteiger charge is -2.07. The molecule has 18 heavy (non-hydrogen) atoms. The highest BCUT2D eigenvalue weighted by atomic mass is 19.4. The molecule has 1 amide bonds. The Balaban J connectivity index is 2.59. The second kappa shape index (κ2) is 5.52. The molecular formula is C11H11F3N2O2. The van der Waals surface area contributed by atoms with Crippen molar-refractivity contribution in [2.75, 3.05) is 5.32 Å². The van der Waals surface area contributed by atoms with Crippen LogP contribution in [0.15, 0.2) is 30.7 Å². The van der Waals surface area contributed by atoms with E-state index < -0.39 is 17.6 Å². The van der Waals surface area contributed by atoms with Crippen molar-refractivity contribution in [3.8, 4) is 0 Å². The van der Waals surface area contributed by atoms with Gasteiger partial charge >= 0.3 is 6.18 Å². The molecule has 4 nitrogen and oxygen atoms in total. The zero-order valence-electron chi connectivity index (χ0n) is 9.29. The number of rotatable bonds is 4. The molecule has 0 fully saturated rings. The van der Waals surface area contributed by atoms with Crippen LogP contribution in [0.5, 0.6) is 0 Å². The number of halogens is 3. The van der Waals surface area contributed by atoms with Gasteiger partial charge in [-0.25, -0.2) is 4.98 Å². The Bertz CT molecular complexity index is 441. The van der Waals surface area contributed by atoms with Crippen LogP contribution in [0.25, 0.3) is 0 Å². The van der Waals surface area contributed by atoms with Gasteiger partial charge in [0.1, 0.15) is 5.82 Å². The molecule has 2 N–H and O–H groups in total. The topological polar surface area (TPSA) is 62.2 Å². The van der Waals surface area contributed by atoms with E-state index in [4.69, 9.17) is 5.11 Å². The van der Waals surface area contributed by atoms with Crippen molar-refractivity contribution in [3.63, 3.8) is 0 Å². The van der Waals surface area contributed by atoms with Crippen LogP contribution in [-0.4, -0.2) is 16.0 Å². The van der Waals surface area contributed by atoms with Crippen molar-refractivity contribution in [2.24, 2.45) is 0 Å². The summed E-state index contributed by atoms with van der Waals surface area (Å²) in [6.07, 6.45) is -3.74. The van der Waals surface area contributed by atoms with E-state index in [2.05, 4.69) is 16.9 Å². The molecule has 98 valence electrons. The van der Waals surface area contributed by atoms with Crippen molar-refractivity contribution in [1.29, 1.82) is 0 Å². The Morgan fingerprint density at radius 3 is 2.50 bits per heavy atom. The average Bonchev–Trinajstić information content (AvgIpc) is 2.26. The van der Waals surface area contributed by atoms with Crippen LogP contribution in [0, 0.1) is 0 Å². The number of allylic oxidation sites excluding steroid dienone is 1. The number of hydrogen-bond donors (Lipinski definition) is 2. The second-order valence-electron chi connectivity index (χ2n) is 3.54. The highest BCUT2D eigenvalue weighted by Gasteiger charge is 2.30. The minimum Gasteiger partial charge on any atom is -0.513 e. The van der Waals surface area contributed by atoms with Crippen LogP contribution >= 0.6 is 0 Å². The first kappa shape index (κ1) is 14.0. The summed E-state index contributed by atoms with van der Waals surface area (Å²) in [4.78, 5) is 14.7. The normalized spacial score (nSPS) is 11.1. The molecule has 0 unspecified atom stereocenters. The zero-order chi connectivity index (χ0) is 13.8. The molecule has 1 aromatic rings. The number of nitrogens with one attached hydrogen (secondary N) is 1. The SMILES string of the molecule is C=C(O)CCC(=O)Nc1ccc(C(F)(F)F)cn1. The van der Waals surface area contributed by atoms with Crippen LogP contribution in [0.4, 0.5) is 19.0 Å². The smallest absolute Gasteiger partial charge is 0.417 e. The van der Waals surface area contributed by atoms with E-state index in [1.165, 1.54) is 0 Å². The molecular weight excluding hydrogens is 249 g/mol. The number of amides is 1. The maximum atomic E-state index is 12.2. The third-order valence-corrected chi connectivity index (χ3v) is 2.00. The minimum absolute atomic E-state index is 0.0158. The molecule has 1 heterocycles. The summed E-state index contributed by atoms with van der Waals surface area (Å²) in [5.74, 6) is -0.570. The monoisotopic (exact) mass is 260 g/mol. The minimum atomic E-state index is -4.45. The molecule has 1 rings (SSSR count). The number of carbonyl (C=O) groups is 1. The van der Waals surface area contributed by atoms with Gasteiger partial charge in [-0.15, -0.1) is 0 Å². The fraction of sp³-hybridized carbons (Fsp3) is 0.273. The molecule has 0 bridgehead atoms. The Labute approximate surface area is 101 Å². The fourth-order valence-electron chi connectivity index (χ4n) is 1.10. The van der Waals surface area contributed by atoms with E-state index in [1.54, 1.807) is 0 Å². The van der Waals surface area contributed by atoms with E-state index in [-0.39, 0.29) is 24.4 Å². The van der Waals surface area contributed by atoms with Gasteiger partial charge in [0.15, 0.2) is 0 Å². The van der Waals surface area contributed by atoms with Crippen LogP contribution in [-0.2, 0) is 11.0 Å². The maximum absolute atomic E-state index is 12.2. The number of aliphatic hydroxyl groups excluding tert-OH is 1. The summed E-state index contributed by atoms with van der Waals surface area (Å²) in [7, 11) is 0. The molecule has 1 aromatic heterocycles. The largest absolute Gasteiger partial charge is 0.513 e. The summed E-state index contributed by atoms with van der Waals surface area (Å²) < 4.78 is 36.7. The second-order valence-corrected chi connectivity index (χ2v) is 3.54. The number of hydrogen-bond acceptors (Lipinski definition) is 3.